The van der Waals surface area contributed by atoms with Gasteiger partial charge in [0.1, 0.15) is 0 Å². The lowest BCUT2D eigenvalue weighted by Crippen LogP contribution is -2.51. The molecule has 1 aromatic rings. The van der Waals surface area contributed by atoms with Crippen molar-refractivity contribution in [2.24, 2.45) is 5.41 Å². The van der Waals surface area contributed by atoms with Gasteiger partial charge >= 0.3 is 0 Å². The van der Waals surface area contributed by atoms with Crippen molar-refractivity contribution in [1.29, 1.82) is 0 Å². The van der Waals surface area contributed by atoms with Crippen molar-refractivity contribution in [3.63, 3.8) is 0 Å². The van der Waals surface area contributed by atoms with Crippen LogP contribution in [0.2, 0.25) is 0 Å². The van der Waals surface area contributed by atoms with E-state index < -0.39 is 0 Å². The minimum absolute atomic E-state index is 0.0802. The average molecular weight is 287 g/mol. The number of hydrogen-bond donors (Lipinski definition) is 0. The Hall–Kier alpha value is -1.42. The number of pyridine rings is 1. The summed E-state index contributed by atoms with van der Waals surface area (Å²) in [6.07, 6.45) is 6.40. The van der Waals surface area contributed by atoms with E-state index in [1.54, 1.807) is 0 Å². The number of aromatic nitrogens is 1. The van der Waals surface area contributed by atoms with Crippen molar-refractivity contribution in [3.8, 4) is 0 Å². The van der Waals surface area contributed by atoms with Crippen molar-refractivity contribution >= 4 is 5.91 Å². The highest BCUT2D eigenvalue weighted by atomic mass is 16.2. The number of carbonyl (C=O) groups is 1. The van der Waals surface area contributed by atoms with Crippen molar-refractivity contribution in [1.82, 2.24) is 14.8 Å². The summed E-state index contributed by atoms with van der Waals surface area (Å²) in [6, 6.07) is 6.04. The predicted octanol–water partition coefficient (Wildman–Crippen LogP) is 2.31. The Balaban J connectivity index is 1.52. The summed E-state index contributed by atoms with van der Waals surface area (Å²) in [5.41, 5.74) is 1.03. The molecule has 4 heteroatoms. The normalized spacial score (nSPS) is 22.4. The molecule has 1 aromatic heterocycles. The summed E-state index contributed by atoms with van der Waals surface area (Å²) in [5.74, 6) is 0.387. The van der Waals surface area contributed by atoms with Crippen molar-refractivity contribution < 1.29 is 4.79 Å². The molecule has 1 saturated heterocycles. The van der Waals surface area contributed by atoms with E-state index in [0.717, 1.165) is 51.3 Å². The molecule has 21 heavy (non-hydrogen) atoms. The van der Waals surface area contributed by atoms with Gasteiger partial charge in [0.2, 0.25) is 5.91 Å². The quantitative estimate of drug-likeness (QED) is 0.856. The van der Waals surface area contributed by atoms with E-state index in [0.29, 0.717) is 5.91 Å². The SMILES string of the molecule is CC1(C(=O)N2CCN(Cc3ccccn3)CC2)CCCC1. The van der Waals surface area contributed by atoms with Gasteiger partial charge in [0.05, 0.1) is 5.69 Å². The van der Waals surface area contributed by atoms with Gasteiger partial charge in [-0.25, -0.2) is 0 Å². The van der Waals surface area contributed by atoms with Crippen molar-refractivity contribution in [2.45, 2.75) is 39.2 Å². The Morgan fingerprint density at radius 2 is 1.90 bits per heavy atom. The van der Waals surface area contributed by atoms with Gasteiger partial charge in [-0.05, 0) is 25.0 Å². The molecule has 0 spiro atoms. The third-order valence-electron chi connectivity index (χ3n) is 4.99. The molecule has 1 aliphatic carbocycles. The molecule has 1 saturated carbocycles. The Morgan fingerprint density at radius 1 is 1.19 bits per heavy atom. The van der Waals surface area contributed by atoms with Gasteiger partial charge in [0, 0.05) is 44.3 Å². The summed E-state index contributed by atoms with van der Waals surface area (Å²) >= 11 is 0. The van der Waals surface area contributed by atoms with Gasteiger partial charge in [-0.15, -0.1) is 0 Å². The van der Waals surface area contributed by atoms with Gasteiger partial charge < -0.3 is 4.90 Å². The maximum absolute atomic E-state index is 12.7. The second-order valence-corrected chi connectivity index (χ2v) is 6.66. The highest BCUT2D eigenvalue weighted by molar-refractivity contribution is 5.82. The van der Waals surface area contributed by atoms with E-state index >= 15 is 0 Å². The third kappa shape index (κ3) is 3.26. The van der Waals surface area contributed by atoms with Crippen LogP contribution in [0.3, 0.4) is 0 Å². The average Bonchev–Trinajstić information content (AvgIpc) is 2.96. The van der Waals surface area contributed by atoms with Crippen LogP contribution in [0.15, 0.2) is 24.4 Å². The van der Waals surface area contributed by atoms with Crippen LogP contribution in [0.25, 0.3) is 0 Å². The second-order valence-electron chi connectivity index (χ2n) is 6.66. The molecule has 114 valence electrons. The van der Waals surface area contributed by atoms with E-state index in [2.05, 4.69) is 27.8 Å². The number of hydrogen-bond acceptors (Lipinski definition) is 3. The van der Waals surface area contributed by atoms with Crippen LogP contribution in [0.1, 0.15) is 38.3 Å². The monoisotopic (exact) mass is 287 g/mol. The number of carbonyl (C=O) groups excluding carboxylic acids is 1. The molecule has 0 N–H and O–H groups in total. The molecular weight excluding hydrogens is 262 g/mol. The Morgan fingerprint density at radius 3 is 2.52 bits per heavy atom. The summed E-state index contributed by atoms with van der Waals surface area (Å²) in [4.78, 5) is 21.5. The first kappa shape index (κ1) is 14.5. The fourth-order valence-electron chi connectivity index (χ4n) is 3.58. The molecule has 4 nitrogen and oxygen atoms in total. The van der Waals surface area contributed by atoms with E-state index in [-0.39, 0.29) is 5.41 Å². The first-order valence-electron chi connectivity index (χ1n) is 8.09. The van der Waals surface area contributed by atoms with Gasteiger partial charge in [0.25, 0.3) is 0 Å². The van der Waals surface area contributed by atoms with Gasteiger partial charge in [-0.3, -0.25) is 14.7 Å². The summed E-state index contributed by atoms with van der Waals surface area (Å²) in [7, 11) is 0. The number of rotatable bonds is 3. The largest absolute Gasteiger partial charge is 0.340 e. The minimum Gasteiger partial charge on any atom is -0.340 e. The summed E-state index contributed by atoms with van der Waals surface area (Å²) in [5, 5.41) is 0. The fourth-order valence-corrected chi connectivity index (χ4v) is 3.58. The topological polar surface area (TPSA) is 36.4 Å². The number of amides is 1. The van der Waals surface area contributed by atoms with Crippen molar-refractivity contribution in [2.75, 3.05) is 26.2 Å². The van der Waals surface area contributed by atoms with E-state index in [1.165, 1.54) is 12.8 Å². The molecule has 0 aromatic carbocycles. The van der Waals surface area contributed by atoms with Crippen LogP contribution in [-0.2, 0) is 11.3 Å². The molecule has 0 radical (unpaired) electrons. The van der Waals surface area contributed by atoms with E-state index in [1.807, 2.05) is 18.3 Å². The molecule has 2 aliphatic rings. The van der Waals surface area contributed by atoms with Crippen LogP contribution in [-0.4, -0.2) is 46.9 Å². The molecule has 0 bridgehead atoms. The predicted molar refractivity (Wildman–Crippen MR) is 82.7 cm³/mol. The summed E-state index contributed by atoms with van der Waals surface area (Å²) in [6.45, 7) is 6.68. The fraction of sp³-hybridized carbons (Fsp3) is 0.647. The zero-order valence-corrected chi connectivity index (χ0v) is 12.9. The van der Waals surface area contributed by atoms with Crippen LogP contribution in [0.5, 0.6) is 0 Å². The molecule has 2 fully saturated rings. The molecular formula is C17H25N3O. The first-order chi connectivity index (χ1) is 10.2. The molecule has 0 unspecified atom stereocenters. The Labute approximate surface area is 127 Å². The highest BCUT2D eigenvalue weighted by Gasteiger charge is 2.39. The lowest BCUT2D eigenvalue weighted by molar-refractivity contribution is -0.142. The molecule has 2 heterocycles. The standard InChI is InChI=1S/C17H25N3O/c1-17(7-3-4-8-17)16(21)20-12-10-19(11-13-20)14-15-6-2-5-9-18-15/h2,5-6,9H,3-4,7-8,10-14H2,1H3. The Kier molecular flexibility index (Phi) is 4.24. The minimum atomic E-state index is -0.0802. The van der Waals surface area contributed by atoms with Crippen LogP contribution >= 0.6 is 0 Å². The summed E-state index contributed by atoms with van der Waals surface area (Å²) < 4.78 is 0. The zero-order chi connectivity index (χ0) is 14.7. The van der Waals surface area contributed by atoms with Crippen LogP contribution in [0.4, 0.5) is 0 Å². The number of nitrogens with zero attached hydrogens (tertiary/aromatic N) is 3. The maximum Gasteiger partial charge on any atom is 0.228 e. The first-order valence-corrected chi connectivity index (χ1v) is 8.09. The molecule has 1 amide bonds. The zero-order valence-electron chi connectivity index (χ0n) is 12.9. The molecule has 3 rings (SSSR count). The highest BCUT2D eigenvalue weighted by Crippen LogP contribution is 2.39. The Bertz CT molecular complexity index is 474. The van der Waals surface area contributed by atoms with Gasteiger partial charge in [-0.1, -0.05) is 25.8 Å². The maximum atomic E-state index is 12.7. The molecule has 1 aliphatic heterocycles. The van der Waals surface area contributed by atoms with Gasteiger partial charge in [-0.2, -0.15) is 0 Å². The van der Waals surface area contributed by atoms with Crippen molar-refractivity contribution in [3.05, 3.63) is 30.1 Å². The lowest BCUT2D eigenvalue weighted by Gasteiger charge is -2.38. The van der Waals surface area contributed by atoms with Crippen LogP contribution < -0.4 is 0 Å². The molecule has 0 atom stereocenters. The van der Waals surface area contributed by atoms with Crippen LogP contribution in [0, 0.1) is 5.41 Å². The third-order valence-corrected chi connectivity index (χ3v) is 4.99. The van der Waals surface area contributed by atoms with E-state index in [4.69, 9.17) is 0 Å². The van der Waals surface area contributed by atoms with Gasteiger partial charge in [0.15, 0.2) is 0 Å². The second kappa shape index (κ2) is 6.14. The smallest absolute Gasteiger partial charge is 0.228 e. The van der Waals surface area contributed by atoms with E-state index in [9.17, 15) is 4.79 Å². The lowest BCUT2D eigenvalue weighted by atomic mass is 9.87. The number of piperazine rings is 1.